The van der Waals surface area contributed by atoms with Crippen molar-refractivity contribution in [1.82, 2.24) is 25.2 Å². The number of H-pyrrole nitrogens is 1. The van der Waals surface area contributed by atoms with Crippen LogP contribution >= 0.6 is 35.0 Å². The molecule has 5 N–H and O–H groups in total. The van der Waals surface area contributed by atoms with Crippen molar-refractivity contribution in [3.05, 3.63) is 44.4 Å². The number of carboxylic acid groups (broad SMARTS) is 1. The summed E-state index contributed by atoms with van der Waals surface area (Å²) in [6.07, 6.45) is 10.5. The number of amides is 1. The van der Waals surface area contributed by atoms with Gasteiger partial charge < -0.3 is 30.8 Å². The number of nitrogens with one attached hydrogen (secondary N) is 2. The van der Waals surface area contributed by atoms with Crippen molar-refractivity contribution in [2.24, 2.45) is 10.7 Å². The zero-order chi connectivity index (χ0) is 34.3. The number of anilines is 1. The highest BCUT2D eigenvalue weighted by molar-refractivity contribution is 8.03. The summed E-state index contributed by atoms with van der Waals surface area (Å²) in [5.41, 5.74) is 7.68. The van der Waals surface area contributed by atoms with Gasteiger partial charge in [-0.15, -0.1) is 11.8 Å². The highest BCUT2D eigenvalue weighted by atomic mass is 35.5. The minimum atomic E-state index is -0.250. The minimum absolute atomic E-state index is 0.250. The number of piperazine rings is 1. The van der Waals surface area contributed by atoms with Gasteiger partial charge >= 0.3 is 0 Å². The molecule has 4 heterocycles. The average molecular weight is 702 g/mol. The molecule has 12 nitrogen and oxygen atoms in total. The summed E-state index contributed by atoms with van der Waals surface area (Å²) < 4.78 is 5.78. The van der Waals surface area contributed by atoms with Crippen LogP contribution in [0.15, 0.2) is 22.3 Å². The summed E-state index contributed by atoms with van der Waals surface area (Å²) in [6.45, 7) is 16.5. The molecule has 0 spiro atoms. The van der Waals surface area contributed by atoms with Crippen molar-refractivity contribution in [3.8, 4) is 0 Å². The van der Waals surface area contributed by atoms with Crippen LogP contribution in [0.4, 0.5) is 5.82 Å². The van der Waals surface area contributed by atoms with Crippen LogP contribution in [0, 0.1) is 13.8 Å². The molecule has 2 aromatic rings. The first-order valence-corrected chi connectivity index (χ1v) is 17.0. The second-order valence-electron chi connectivity index (χ2n) is 10.5. The Labute approximate surface area is 287 Å². The maximum absolute atomic E-state index is 8.58. The first-order valence-electron chi connectivity index (χ1n) is 15.3. The van der Waals surface area contributed by atoms with Gasteiger partial charge in [0.1, 0.15) is 11.5 Å². The number of nitrogens with two attached hydrogens (primary N) is 1. The molecule has 0 saturated carbocycles. The van der Waals surface area contributed by atoms with Crippen LogP contribution in [0.5, 0.6) is 0 Å². The molecule has 2 fully saturated rings. The highest BCUT2D eigenvalue weighted by Gasteiger charge is 2.23. The van der Waals surface area contributed by atoms with Crippen molar-refractivity contribution in [1.29, 1.82) is 0 Å². The Morgan fingerprint density at radius 1 is 1.17 bits per heavy atom. The van der Waals surface area contributed by atoms with Gasteiger partial charge in [0.05, 0.1) is 34.2 Å². The van der Waals surface area contributed by atoms with E-state index in [2.05, 4.69) is 49.5 Å². The number of aromatic amines is 1. The van der Waals surface area contributed by atoms with Crippen LogP contribution in [0.25, 0.3) is 5.70 Å². The number of aromatic nitrogens is 3. The van der Waals surface area contributed by atoms with Crippen molar-refractivity contribution in [3.63, 3.8) is 0 Å². The zero-order valence-corrected chi connectivity index (χ0v) is 29.8. The quantitative estimate of drug-likeness (QED) is 0.134. The summed E-state index contributed by atoms with van der Waals surface area (Å²) in [6, 6.07) is 0. The lowest BCUT2D eigenvalue weighted by Crippen LogP contribution is -2.48. The van der Waals surface area contributed by atoms with Gasteiger partial charge in [0.25, 0.3) is 6.47 Å². The van der Waals surface area contributed by atoms with E-state index in [9.17, 15) is 0 Å². The van der Waals surface area contributed by atoms with Gasteiger partial charge in [-0.2, -0.15) is 0 Å². The van der Waals surface area contributed by atoms with Crippen LogP contribution in [0.1, 0.15) is 56.1 Å². The molecule has 46 heavy (non-hydrogen) atoms. The highest BCUT2D eigenvalue weighted by Crippen LogP contribution is 2.29. The van der Waals surface area contributed by atoms with Crippen LogP contribution in [0.2, 0.25) is 10.0 Å². The predicted molar refractivity (Wildman–Crippen MR) is 191 cm³/mol. The fourth-order valence-corrected chi connectivity index (χ4v) is 6.15. The topological polar surface area (TPSA) is 162 Å². The number of aryl methyl sites for hydroxylation is 2. The molecular weight excluding hydrogens is 651 g/mol. The number of thioether (sulfide) groups is 1. The van der Waals surface area contributed by atoms with Gasteiger partial charge in [0, 0.05) is 55.6 Å². The molecule has 2 aliphatic heterocycles. The number of aliphatic imine (C=N–C) groups is 1. The number of carbonyl (C=O) groups excluding carboxylic acids is 1. The van der Waals surface area contributed by atoms with E-state index in [4.69, 9.17) is 47.6 Å². The van der Waals surface area contributed by atoms with E-state index in [0.717, 1.165) is 85.1 Å². The van der Waals surface area contributed by atoms with Gasteiger partial charge in [-0.3, -0.25) is 19.5 Å². The molecule has 2 aromatic heterocycles. The first kappa shape index (κ1) is 41.3. The third kappa shape index (κ3) is 15.3. The maximum atomic E-state index is 8.58. The van der Waals surface area contributed by atoms with E-state index in [1.54, 1.807) is 0 Å². The predicted octanol–water partition coefficient (Wildman–Crippen LogP) is 5.03. The minimum Gasteiger partial charge on any atom is -0.483 e. The normalized spacial score (nSPS) is 16.5. The van der Waals surface area contributed by atoms with Crippen molar-refractivity contribution < 1.29 is 19.4 Å². The van der Waals surface area contributed by atoms with E-state index in [0.29, 0.717) is 16.1 Å². The molecule has 2 saturated heterocycles. The Morgan fingerprint density at radius 2 is 1.80 bits per heavy atom. The number of allylic oxidation sites excluding steroid dienone is 1. The number of unbranched alkanes of at least 4 members (excludes halogenated alkanes) is 2. The molecule has 1 unspecified atom stereocenters. The molecule has 0 radical (unpaired) electrons. The molecule has 258 valence electrons. The van der Waals surface area contributed by atoms with Gasteiger partial charge in [0.2, 0.25) is 6.41 Å². The number of halogens is 2. The third-order valence-electron chi connectivity index (χ3n) is 7.17. The monoisotopic (exact) mass is 700 g/mol. The Balaban J connectivity index is 0.000000583. The van der Waals surface area contributed by atoms with Crippen LogP contribution in [0.3, 0.4) is 0 Å². The van der Waals surface area contributed by atoms with E-state index >= 15 is 0 Å². The van der Waals surface area contributed by atoms with Gasteiger partial charge in [-0.1, -0.05) is 29.6 Å². The van der Waals surface area contributed by atoms with Gasteiger partial charge in [-0.25, -0.2) is 9.97 Å². The second-order valence-corrected chi connectivity index (χ2v) is 12.6. The van der Waals surface area contributed by atoms with Gasteiger partial charge in [0.15, 0.2) is 0 Å². The van der Waals surface area contributed by atoms with E-state index in [-0.39, 0.29) is 12.9 Å². The molecule has 2 aliphatic rings. The number of nitrogens with zero attached hydrogens (tertiary/aromatic N) is 5. The molecule has 0 bridgehead atoms. The number of primary amides is 1. The van der Waals surface area contributed by atoms with Crippen molar-refractivity contribution in [2.75, 3.05) is 63.6 Å². The van der Waals surface area contributed by atoms with E-state index in [1.807, 2.05) is 45.1 Å². The standard InChI is InChI=1S/C23H38N6OS.C6H7Cl2N.CH3NO.CH2O2/c1-19(31-15-6-4-5-9-24-2)23(25-3)21-16-27-22(17-26-21)29-12-10-28(11-13-29)18-20-8-7-14-30-20;1-3-5(7)6(8)4(2)9-3;2*2-1-3/h16-17,20,24H,3-15,18H2,1-2H3;9H,1-2H3;1H,(H2,2,3);1H,(H,2,3)/b23-19-;;;. The maximum Gasteiger partial charge on any atom is 0.290 e. The number of rotatable bonds is 12. The Bertz CT molecular complexity index is 1160. The SMILES string of the molecule is C=N/C(=C(/C)SCCCCCNC)c1cnc(N2CCN(CC3CCCO3)CC2)cn1.Cc1[nH]c(C)c(Cl)c1Cl.NC=O.O=CO. The Morgan fingerprint density at radius 3 is 2.26 bits per heavy atom. The lowest BCUT2D eigenvalue weighted by Gasteiger charge is -2.36. The average Bonchev–Trinajstić information content (AvgIpc) is 3.64. The molecular formula is C31H50Cl2N8O4S. The summed E-state index contributed by atoms with van der Waals surface area (Å²) >= 11 is 13.3. The molecule has 1 amide bonds. The summed E-state index contributed by atoms with van der Waals surface area (Å²) in [7, 11) is 2.00. The smallest absolute Gasteiger partial charge is 0.290 e. The largest absolute Gasteiger partial charge is 0.483 e. The number of ether oxygens (including phenoxy) is 1. The lowest BCUT2D eigenvalue weighted by molar-refractivity contribution is -0.122. The lowest BCUT2D eigenvalue weighted by atomic mass is 10.2. The Hall–Kier alpha value is -2.68. The molecule has 4 rings (SSSR count). The Kier molecular flexibility index (Phi) is 22.0. The molecule has 15 heteroatoms. The fraction of sp³-hybridized carbons (Fsp3) is 0.581. The van der Waals surface area contributed by atoms with Crippen molar-refractivity contribution in [2.45, 2.75) is 59.0 Å². The van der Waals surface area contributed by atoms with Crippen LogP contribution < -0.4 is 16.0 Å². The second kappa shape index (κ2) is 24.5. The van der Waals surface area contributed by atoms with Crippen molar-refractivity contribution >= 4 is 66.1 Å². The summed E-state index contributed by atoms with van der Waals surface area (Å²) in [5.74, 6) is 2.04. The van der Waals surface area contributed by atoms with E-state index in [1.165, 1.54) is 32.1 Å². The summed E-state index contributed by atoms with van der Waals surface area (Å²) in [5, 5.41) is 11.4. The summed E-state index contributed by atoms with van der Waals surface area (Å²) in [4.78, 5) is 39.6. The third-order valence-corrected chi connectivity index (χ3v) is 9.33. The number of carbonyl (C=O) groups is 2. The fourth-order valence-electron chi connectivity index (χ4n) is 4.81. The van der Waals surface area contributed by atoms with Gasteiger partial charge in [-0.05, 0) is 72.5 Å². The van der Waals surface area contributed by atoms with E-state index < -0.39 is 0 Å². The molecule has 0 aliphatic carbocycles. The number of hydrogen-bond donors (Lipinski definition) is 4. The molecule has 1 atom stereocenters. The first-order chi connectivity index (χ1) is 22.2. The number of hydrogen-bond acceptors (Lipinski definition) is 10. The van der Waals surface area contributed by atoms with Crippen LogP contribution in [-0.2, 0) is 14.3 Å². The molecule has 0 aromatic carbocycles. The van der Waals surface area contributed by atoms with Crippen LogP contribution in [-0.4, -0.2) is 109 Å². The zero-order valence-electron chi connectivity index (χ0n) is 27.4.